The molecule has 16 heavy (non-hydrogen) atoms. The van der Waals surface area contributed by atoms with Gasteiger partial charge in [-0.3, -0.25) is 0 Å². The first-order valence-electron chi connectivity index (χ1n) is 6.19. The van der Waals surface area contributed by atoms with Crippen molar-refractivity contribution >= 4 is 11.6 Å². The van der Waals surface area contributed by atoms with Crippen LogP contribution in [0.25, 0.3) is 0 Å². The fraction of sp³-hybridized carbons (Fsp3) is 0.571. The molecule has 1 aromatic rings. The average Bonchev–Trinajstić information content (AvgIpc) is 2.30. The zero-order valence-electron chi connectivity index (χ0n) is 9.71. The van der Waals surface area contributed by atoms with Crippen LogP contribution < -0.4 is 5.73 Å². The molecule has 0 heterocycles. The maximum Gasteiger partial charge on any atom is 0.0408 e. The molecule has 0 amide bonds. The highest BCUT2D eigenvalue weighted by Crippen LogP contribution is 2.38. The van der Waals surface area contributed by atoms with Crippen LogP contribution in [-0.2, 0) is 6.42 Å². The summed E-state index contributed by atoms with van der Waals surface area (Å²) >= 11 is 6.02. The van der Waals surface area contributed by atoms with Crippen LogP contribution in [0.1, 0.15) is 37.7 Å². The summed E-state index contributed by atoms with van der Waals surface area (Å²) in [5, 5.41) is 0.834. The van der Waals surface area contributed by atoms with Gasteiger partial charge in [0.25, 0.3) is 0 Å². The van der Waals surface area contributed by atoms with Crippen LogP contribution in [0.4, 0.5) is 0 Å². The zero-order valence-corrected chi connectivity index (χ0v) is 10.5. The van der Waals surface area contributed by atoms with E-state index in [-0.39, 0.29) is 0 Å². The molecular weight excluding hydrogens is 218 g/mol. The maximum absolute atomic E-state index is 6.02. The van der Waals surface area contributed by atoms with E-state index in [1.54, 1.807) is 0 Å². The Kier molecular flexibility index (Phi) is 3.88. The molecule has 0 bridgehead atoms. The quantitative estimate of drug-likeness (QED) is 0.851. The molecule has 0 atom stereocenters. The molecule has 1 aliphatic carbocycles. The van der Waals surface area contributed by atoms with E-state index in [4.69, 9.17) is 17.3 Å². The lowest BCUT2D eigenvalue weighted by atomic mass is 9.70. The first kappa shape index (κ1) is 11.9. The second-order valence-electron chi connectivity index (χ2n) is 5.07. The third kappa shape index (κ3) is 2.78. The number of benzene rings is 1. The molecule has 2 rings (SSSR count). The maximum atomic E-state index is 6.02. The molecule has 2 N–H and O–H groups in total. The lowest BCUT2D eigenvalue weighted by Gasteiger charge is -2.36. The van der Waals surface area contributed by atoms with Crippen molar-refractivity contribution in [2.75, 3.05) is 6.54 Å². The average molecular weight is 238 g/mol. The fourth-order valence-electron chi connectivity index (χ4n) is 2.83. The molecule has 88 valence electrons. The van der Waals surface area contributed by atoms with Gasteiger partial charge in [0.1, 0.15) is 0 Å². The second-order valence-corrected chi connectivity index (χ2v) is 5.51. The minimum absolute atomic E-state index is 0.336. The molecule has 0 aromatic heterocycles. The van der Waals surface area contributed by atoms with Gasteiger partial charge in [-0.25, -0.2) is 0 Å². The Labute approximate surface area is 103 Å². The number of rotatable bonds is 3. The van der Waals surface area contributed by atoms with Gasteiger partial charge in [-0.2, -0.15) is 0 Å². The molecule has 0 saturated heterocycles. The highest BCUT2D eigenvalue weighted by Gasteiger charge is 2.30. The molecule has 1 aliphatic rings. The first-order chi connectivity index (χ1) is 7.74. The van der Waals surface area contributed by atoms with E-state index in [0.717, 1.165) is 18.0 Å². The normalized spacial score (nSPS) is 19.6. The summed E-state index contributed by atoms with van der Waals surface area (Å²) in [5.74, 6) is 0. The Morgan fingerprint density at radius 3 is 2.56 bits per heavy atom. The summed E-state index contributed by atoms with van der Waals surface area (Å²) in [4.78, 5) is 0. The predicted molar refractivity (Wildman–Crippen MR) is 69.7 cm³/mol. The van der Waals surface area contributed by atoms with Crippen molar-refractivity contribution in [3.63, 3.8) is 0 Å². The van der Waals surface area contributed by atoms with Crippen LogP contribution in [0.15, 0.2) is 24.3 Å². The third-order valence-electron chi connectivity index (χ3n) is 3.82. The minimum atomic E-state index is 0.336. The molecule has 1 saturated carbocycles. The van der Waals surface area contributed by atoms with E-state index in [1.165, 1.54) is 37.7 Å². The highest BCUT2D eigenvalue weighted by molar-refractivity contribution is 6.30. The summed E-state index contributed by atoms with van der Waals surface area (Å²) in [5.41, 5.74) is 7.66. The number of halogens is 1. The summed E-state index contributed by atoms with van der Waals surface area (Å²) in [7, 11) is 0. The molecule has 2 heteroatoms. The van der Waals surface area contributed by atoms with Gasteiger partial charge in [0, 0.05) is 5.02 Å². The molecule has 1 aromatic carbocycles. The molecule has 1 fully saturated rings. The van der Waals surface area contributed by atoms with E-state index < -0.39 is 0 Å². The zero-order chi connectivity index (χ0) is 11.4. The standard InChI is InChI=1S/C14H20ClN/c15-13-6-4-5-12(9-13)10-14(11-16)7-2-1-3-8-14/h4-6,9H,1-3,7-8,10-11,16H2. The summed E-state index contributed by atoms with van der Waals surface area (Å²) in [6.07, 6.45) is 7.67. The van der Waals surface area contributed by atoms with Gasteiger partial charge in [-0.05, 0) is 48.9 Å². The van der Waals surface area contributed by atoms with Crippen LogP contribution >= 0.6 is 11.6 Å². The van der Waals surface area contributed by atoms with Crippen LogP contribution in [0.2, 0.25) is 5.02 Å². The third-order valence-corrected chi connectivity index (χ3v) is 4.05. The van der Waals surface area contributed by atoms with Gasteiger partial charge in [0.15, 0.2) is 0 Å². The number of hydrogen-bond donors (Lipinski definition) is 1. The Balaban J connectivity index is 2.11. The fourth-order valence-corrected chi connectivity index (χ4v) is 3.05. The smallest absolute Gasteiger partial charge is 0.0408 e. The Bertz CT molecular complexity index is 342. The Morgan fingerprint density at radius 1 is 1.19 bits per heavy atom. The largest absolute Gasteiger partial charge is 0.330 e. The topological polar surface area (TPSA) is 26.0 Å². The van der Waals surface area contributed by atoms with Gasteiger partial charge in [0.05, 0.1) is 0 Å². The van der Waals surface area contributed by atoms with E-state index >= 15 is 0 Å². The summed E-state index contributed by atoms with van der Waals surface area (Å²) < 4.78 is 0. The highest BCUT2D eigenvalue weighted by atomic mass is 35.5. The van der Waals surface area contributed by atoms with Crippen molar-refractivity contribution in [2.45, 2.75) is 38.5 Å². The Morgan fingerprint density at radius 2 is 1.94 bits per heavy atom. The second kappa shape index (κ2) is 5.20. The molecule has 0 radical (unpaired) electrons. The van der Waals surface area contributed by atoms with Crippen molar-refractivity contribution in [1.29, 1.82) is 0 Å². The Hall–Kier alpha value is -0.530. The van der Waals surface area contributed by atoms with Gasteiger partial charge >= 0.3 is 0 Å². The van der Waals surface area contributed by atoms with Gasteiger partial charge < -0.3 is 5.73 Å². The van der Waals surface area contributed by atoms with Crippen molar-refractivity contribution < 1.29 is 0 Å². The van der Waals surface area contributed by atoms with Crippen molar-refractivity contribution in [3.05, 3.63) is 34.9 Å². The summed E-state index contributed by atoms with van der Waals surface area (Å²) in [6.45, 7) is 0.805. The first-order valence-corrected chi connectivity index (χ1v) is 6.56. The van der Waals surface area contributed by atoms with Gasteiger partial charge in [-0.1, -0.05) is 43.0 Å². The molecule has 1 nitrogen and oxygen atoms in total. The molecular formula is C14H20ClN. The van der Waals surface area contributed by atoms with Gasteiger partial charge in [-0.15, -0.1) is 0 Å². The van der Waals surface area contributed by atoms with E-state index in [2.05, 4.69) is 12.1 Å². The van der Waals surface area contributed by atoms with E-state index in [1.807, 2.05) is 12.1 Å². The lowest BCUT2D eigenvalue weighted by Crippen LogP contribution is -2.34. The van der Waals surface area contributed by atoms with Crippen LogP contribution in [0.5, 0.6) is 0 Å². The van der Waals surface area contributed by atoms with Gasteiger partial charge in [0.2, 0.25) is 0 Å². The number of hydrogen-bond acceptors (Lipinski definition) is 1. The van der Waals surface area contributed by atoms with Crippen molar-refractivity contribution in [1.82, 2.24) is 0 Å². The van der Waals surface area contributed by atoms with Crippen molar-refractivity contribution in [3.8, 4) is 0 Å². The monoisotopic (exact) mass is 237 g/mol. The van der Waals surface area contributed by atoms with Crippen LogP contribution in [0.3, 0.4) is 0 Å². The molecule has 0 spiro atoms. The van der Waals surface area contributed by atoms with Crippen molar-refractivity contribution in [2.24, 2.45) is 11.1 Å². The predicted octanol–water partition coefficient (Wildman–Crippen LogP) is 3.79. The van der Waals surface area contributed by atoms with E-state index in [9.17, 15) is 0 Å². The van der Waals surface area contributed by atoms with E-state index in [0.29, 0.717) is 5.41 Å². The lowest BCUT2D eigenvalue weighted by molar-refractivity contribution is 0.197. The molecule has 0 unspecified atom stereocenters. The molecule has 0 aliphatic heterocycles. The SMILES string of the molecule is NCC1(Cc2cccc(Cl)c2)CCCCC1. The minimum Gasteiger partial charge on any atom is -0.330 e. The summed E-state index contributed by atoms with van der Waals surface area (Å²) in [6, 6.07) is 8.21. The van der Waals surface area contributed by atoms with Crippen LogP contribution in [-0.4, -0.2) is 6.54 Å². The number of nitrogens with two attached hydrogens (primary N) is 1. The van der Waals surface area contributed by atoms with Crippen LogP contribution in [0, 0.1) is 5.41 Å².